The molecule has 0 spiro atoms. The van der Waals surface area contributed by atoms with Crippen molar-refractivity contribution in [1.82, 2.24) is 0 Å². The van der Waals surface area contributed by atoms with E-state index in [1.807, 2.05) is 166 Å². The molecule has 0 aliphatic carbocycles. The molecule has 2 saturated heterocycles. The minimum atomic E-state index is -0.0851. The van der Waals surface area contributed by atoms with Crippen LogP contribution in [0.1, 0.15) is 166 Å². The summed E-state index contributed by atoms with van der Waals surface area (Å²) in [5.74, 6) is 0. The second-order valence-electron chi connectivity index (χ2n) is 24.3. The molecule has 2 heterocycles. The van der Waals surface area contributed by atoms with E-state index in [-0.39, 0.29) is 79.0 Å². The van der Waals surface area contributed by atoms with Crippen molar-refractivity contribution in [3.8, 4) is 0 Å². The van der Waals surface area contributed by atoms with Crippen molar-refractivity contribution in [3.63, 3.8) is 0 Å². The Balaban J connectivity index is -0.000000163. The third kappa shape index (κ3) is 48.5. The van der Waals surface area contributed by atoms with Crippen LogP contribution in [-0.2, 0) is 54.7 Å². The van der Waals surface area contributed by atoms with E-state index in [0.717, 1.165) is 0 Å². The summed E-state index contributed by atoms with van der Waals surface area (Å²) in [7, 11) is 0. The largest absolute Gasteiger partial charge is 3.00 e. The van der Waals surface area contributed by atoms with Crippen LogP contribution in [0.5, 0.6) is 0 Å². The zero-order valence-electron chi connectivity index (χ0n) is 47.7. The number of nitrogens with zero attached hydrogens (tertiary/aromatic N) is 4. The molecule has 2 rings (SSSR count). The van der Waals surface area contributed by atoms with E-state index in [4.69, 9.17) is 37.9 Å². The van der Waals surface area contributed by atoms with Gasteiger partial charge in [0.05, 0.1) is 106 Å². The Hall–Kier alpha value is -0.536. The van der Waals surface area contributed by atoms with E-state index >= 15 is 0 Å². The van der Waals surface area contributed by atoms with E-state index in [2.05, 4.69) is 0 Å². The Kier molecular flexibility index (Phi) is 43.4. The molecule has 0 atom stereocenters. The number of hydrogen-bond acceptors (Lipinski definition) is 8. The van der Waals surface area contributed by atoms with Crippen molar-refractivity contribution in [2.75, 3.05) is 106 Å². The molecule has 14 heteroatoms. The first kappa shape index (κ1) is 76.9. The maximum atomic E-state index is 9.64. The van der Waals surface area contributed by atoms with Crippen molar-refractivity contribution in [1.29, 1.82) is 0 Å². The van der Waals surface area contributed by atoms with Gasteiger partial charge in [-0.2, -0.15) is 22.8 Å². The quantitative estimate of drug-likeness (QED) is 0.171. The van der Waals surface area contributed by atoms with Crippen molar-refractivity contribution < 1.29 is 73.5 Å². The molecule has 0 radical (unpaired) electrons. The fourth-order valence-electron chi connectivity index (χ4n) is 6.26. The molecule has 2 fully saturated rings. The van der Waals surface area contributed by atoms with Crippen LogP contribution in [0.4, 0.5) is 0 Å². The molecule has 12 nitrogen and oxygen atoms in total. The van der Waals surface area contributed by atoms with E-state index in [1.54, 1.807) is 0 Å². The van der Waals surface area contributed by atoms with Crippen LogP contribution < -0.4 is 18.9 Å². The smallest absolute Gasteiger partial charge is 0.810 e. The minimum Gasteiger partial charge on any atom is -0.810 e. The summed E-state index contributed by atoms with van der Waals surface area (Å²) in [6.45, 7) is 58.8. The van der Waals surface area contributed by atoms with Gasteiger partial charge in [0.15, 0.2) is 0 Å². The summed E-state index contributed by atoms with van der Waals surface area (Å²) in [5.41, 5.74) is 1.60. The Morgan fingerprint density at radius 2 is 0.273 bits per heavy atom. The molecule has 0 aromatic rings. The van der Waals surface area contributed by atoms with Crippen LogP contribution >= 0.6 is 0 Å². The zero-order valence-corrected chi connectivity index (χ0v) is 48.7. The predicted molar refractivity (Wildman–Crippen MR) is 276 cm³/mol. The van der Waals surface area contributed by atoms with Gasteiger partial charge in [0, 0.05) is 0 Å². The monoisotopic (exact) mass is 979 g/mol. The SMILES string of the molecule is C1COCCOCCOCCO1.C1COCCOCCOCCO1.CC(C)(C)C(=[N-])C(C)(C)C.CC(C)(C)C(=[N-])C(C)(C)C.CC(C)(C)C(=[N-])C(C)(C)C.CC(C)(C)C(=[N-])C(C)(C)C.[Co+3].[Li+]. The molecule has 0 amide bonds. The first-order valence-corrected chi connectivity index (χ1v) is 23.5. The predicted octanol–water partition coefficient (Wildman–Crippen LogP) is 9.49. The van der Waals surface area contributed by atoms with E-state index in [9.17, 15) is 21.6 Å². The van der Waals surface area contributed by atoms with Crippen LogP contribution in [0, 0.1) is 43.3 Å². The van der Waals surface area contributed by atoms with Gasteiger partial charge in [-0.1, -0.05) is 166 Å². The van der Waals surface area contributed by atoms with Gasteiger partial charge in [-0.3, -0.25) is 0 Å². The second-order valence-corrected chi connectivity index (χ2v) is 24.3. The maximum Gasteiger partial charge on any atom is 3.00 e. The Labute approximate surface area is 431 Å². The molecule has 2 aliphatic heterocycles. The molecule has 0 aromatic carbocycles. The van der Waals surface area contributed by atoms with Crippen LogP contribution in [0.25, 0.3) is 21.6 Å². The maximum absolute atomic E-state index is 9.64. The van der Waals surface area contributed by atoms with Crippen molar-refractivity contribution in [2.45, 2.75) is 166 Å². The molecule has 0 unspecified atom stereocenters. The van der Waals surface area contributed by atoms with Gasteiger partial charge in [-0.25, -0.2) is 0 Å². The molecular formula is C52H104CoLiN4O8. The Morgan fingerprint density at radius 3 is 0.303 bits per heavy atom. The van der Waals surface area contributed by atoms with Crippen LogP contribution in [0.15, 0.2) is 0 Å². The van der Waals surface area contributed by atoms with Gasteiger partial charge >= 0.3 is 35.6 Å². The minimum absolute atomic E-state index is 0. The average Bonchev–Trinajstić information content (AvgIpc) is 3.09. The fraction of sp³-hybridized carbons (Fsp3) is 0.923. The number of rotatable bonds is 0. The van der Waals surface area contributed by atoms with E-state index in [0.29, 0.717) is 129 Å². The number of hydrogen-bond donors (Lipinski definition) is 0. The summed E-state index contributed by atoms with van der Waals surface area (Å²) >= 11 is 0. The molecule has 0 bridgehead atoms. The summed E-state index contributed by atoms with van der Waals surface area (Å²) in [5, 5.41) is 38.6. The van der Waals surface area contributed by atoms with Gasteiger partial charge in [-0.05, 0) is 43.3 Å². The van der Waals surface area contributed by atoms with E-state index < -0.39 is 0 Å². The normalized spacial score (nSPS) is 16.8. The summed E-state index contributed by atoms with van der Waals surface area (Å²) in [6, 6.07) is 0. The van der Waals surface area contributed by atoms with Gasteiger partial charge in [0.1, 0.15) is 0 Å². The first-order chi connectivity index (χ1) is 28.6. The zero-order chi connectivity index (χ0) is 51.3. The molecule has 390 valence electrons. The second kappa shape index (κ2) is 37.3. The Morgan fingerprint density at radius 1 is 0.212 bits per heavy atom. The van der Waals surface area contributed by atoms with Gasteiger partial charge in [0.25, 0.3) is 0 Å². The van der Waals surface area contributed by atoms with Gasteiger partial charge in [-0.15, -0.1) is 0 Å². The Bertz CT molecular complexity index is 925. The fourth-order valence-corrected chi connectivity index (χ4v) is 6.26. The molecule has 0 N–H and O–H groups in total. The summed E-state index contributed by atoms with van der Waals surface area (Å²) in [6.07, 6.45) is 0. The van der Waals surface area contributed by atoms with Gasteiger partial charge in [0.2, 0.25) is 0 Å². The van der Waals surface area contributed by atoms with Crippen molar-refractivity contribution >= 4 is 22.8 Å². The van der Waals surface area contributed by atoms with Gasteiger partial charge < -0.3 is 59.5 Å². The summed E-state index contributed by atoms with van der Waals surface area (Å²) in [4.78, 5) is 0. The van der Waals surface area contributed by atoms with Crippen LogP contribution in [0.2, 0.25) is 0 Å². The molecule has 66 heavy (non-hydrogen) atoms. The third-order valence-electron chi connectivity index (χ3n) is 8.66. The molecule has 2 aliphatic rings. The molecule has 0 aromatic heterocycles. The van der Waals surface area contributed by atoms with Crippen molar-refractivity contribution in [2.24, 2.45) is 43.3 Å². The summed E-state index contributed by atoms with van der Waals surface area (Å²) < 4.78 is 41.7. The standard InChI is InChI=1S/4C9H18N.2C8H16O4.Co.Li/c4*1-8(2,3)7(10)9(4,5)6;2*1-2-10-5-6-12-8-7-11-4-3-9-1;;/h4*1-6H3;2*1-8H2;;/q4*-1;;;+3;+1. The average molecular weight is 979 g/mol. The van der Waals surface area contributed by atoms with Crippen LogP contribution in [-0.4, -0.2) is 129 Å². The third-order valence-corrected chi connectivity index (χ3v) is 8.66. The molecule has 0 saturated carbocycles. The van der Waals surface area contributed by atoms with Crippen LogP contribution in [0.3, 0.4) is 0 Å². The topological polar surface area (TPSA) is 163 Å². The van der Waals surface area contributed by atoms with Crippen molar-refractivity contribution in [3.05, 3.63) is 21.6 Å². The van der Waals surface area contributed by atoms with E-state index in [1.165, 1.54) is 0 Å². The number of ether oxygens (including phenoxy) is 8. The molecular weight excluding hydrogens is 874 g/mol. The first-order valence-electron chi connectivity index (χ1n) is 23.5.